The van der Waals surface area contributed by atoms with E-state index in [0.29, 0.717) is 28.8 Å². The number of hydrogen-bond acceptors (Lipinski definition) is 5. The van der Waals surface area contributed by atoms with Crippen molar-refractivity contribution in [2.24, 2.45) is 11.7 Å². The van der Waals surface area contributed by atoms with Gasteiger partial charge in [-0.05, 0) is 58.8 Å². The number of hydrogen-bond donors (Lipinski definition) is 2. The van der Waals surface area contributed by atoms with Crippen LogP contribution in [0.15, 0.2) is 47.7 Å². The van der Waals surface area contributed by atoms with Gasteiger partial charge in [0.05, 0.1) is 0 Å². The predicted molar refractivity (Wildman–Crippen MR) is 111 cm³/mol. The first-order valence-corrected chi connectivity index (χ1v) is 9.99. The van der Waals surface area contributed by atoms with E-state index in [9.17, 15) is 8.78 Å². The van der Waals surface area contributed by atoms with Crippen LogP contribution < -0.4 is 16.4 Å². The van der Waals surface area contributed by atoms with Crippen molar-refractivity contribution in [1.82, 2.24) is 9.97 Å². The number of nitrogens with zero attached hydrogens (tertiary/aromatic N) is 3. The number of rotatable bonds is 6. The molecule has 8 heteroatoms. The van der Waals surface area contributed by atoms with Gasteiger partial charge in [-0.15, -0.1) is 0 Å². The lowest BCUT2D eigenvalue weighted by atomic mass is 9.79. The fourth-order valence-corrected chi connectivity index (χ4v) is 4.23. The molecule has 1 saturated heterocycles. The molecule has 0 saturated carbocycles. The van der Waals surface area contributed by atoms with E-state index in [1.54, 1.807) is 12.1 Å². The third-order valence-electron chi connectivity index (χ3n) is 5.44. The van der Waals surface area contributed by atoms with Gasteiger partial charge in [-0.1, -0.05) is 30.8 Å². The minimum absolute atomic E-state index is 0.0527. The Morgan fingerprint density at radius 2 is 1.89 bits per heavy atom. The highest BCUT2D eigenvalue weighted by molar-refractivity contribution is 9.10. The molecule has 1 atom stereocenters. The first-order valence-electron chi connectivity index (χ1n) is 9.20. The normalized spacial score (nSPS) is 16.8. The Morgan fingerprint density at radius 3 is 2.46 bits per heavy atom. The number of anilines is 2. The summed E-state index contributed by atoms with van der Waals surface area (Å²) in [5, 5.41) is 0. The summed E-state index contributed by atoms with van der Waals surface area (Å²) in [6.07, 6.45) is 3.99. The minimum Gasteiger partial charge on any atom is -0.383 e. The van der Waals surface area contributed by atoms with Gasteiger partial charge in [0.25, 0.3) is 5.92 Å². The predicted octanol–water partition coefficient (Wildman–Crippen LogP) is 4.06. The summed E-state index contributed by atoms with van der Waals surface area (Å²) in [6.45, 7) is 5.33. The second-order valence-electron chi connectivity index (χ2n) is 7.01. The number of nitrogens with two attached hydrogens (primary N) is 2. The first kappa shape index (κ1) is 20.7. The zero-order chi connectivity index (χ0) is 20.3. The molecule has 0 amide bonds. The van der Waals surface area contributed by atoms with Gasteiger partial charge >= 0.3 is 0 Å². The fourth-order valence-electron chi connectivity index (χ4n) is 3.78. The molecule has 0 spiro atoms. The zero-order valence-corrected chi connectivity index (χ0v) is 17.1. The number of alkyl halides is 2. The van der Waals surface area contributed by atoms with E-state index in [2.05, 4.69) is 37.4 Å². The molecule has 1 unspecified atom stereocenters. The highest BCUT2D eigenvalue weighted by Crippen LogP contribution is 2.37. The molecule has 1 aliphatic rings. The van der Waals surface area contributed by atoms with Crippen molar-refractivity contribution >= 4 is 27.6 Å². The minimum atomic E-state index is -3.02. The maximum absolute atomic E-state index is 13.7. The number of allylic oxidation sites excluding steroid dienone is 1. The smallest absolute Gasteiger partial charge is 0.291 e. The van der Waals surface area contributed by atoms with Crippen LogP contribution in [0, 0.1) is 5.92 Å². The number of nitrogen functional groups attached to an aromatic ring is 1. The summed E-state index contributed by atoms with van der Waals surface area (Å²) >= 11 is 3.46. The van der Waals surface area contributed by atoms with Crippen molar-refractivity contribution in [3.63, 3.8) is 0 Å². The molecule has 2 aromatic rings. The highest BCUT2D eigenvalue weighted by atomic mass is 79.9. The van der Waals surface area contributed by atoms with E-state index in [4.69, 9.17) is 11.5 Å². The Hall–Kier alpha value is -2.06. The number of halogens is 3. The molecule has 0 aliphatic carbocycles. The van der Waals surface area contributed by atoms with Crippen LogP contribution >= 0.6 is 15.9 Å². The summed E-state index contributed by atoms with van der Waals surface area (Å²) in [5.41, 5.74) is 12.8. The van der Waals surface area contributed by atoms with Crippen molar-refractivity contribution in [2.45, 2.75) is 24.7 Å². The van der Waals surface area contributed by atoms with Gasteiger partial charge in [-0.3, -0.25) is 0 Å². The Kier molecular flexibility index (Phi) is 6.30. The molecule has 28 heavy (non-hydrogen) atoms. The van der Waals surface area contributed by atoms with Gasteiger partial charge in [0.1, 0.15) is 22.4 Å². The maximum atomic E-state index is 13.7. The SMILES string of the molecule is C=CC(F)(F)c1ccc(C(CN)C2CCN(c3ncnc(N)c3Br)CC2)cc1. The van der Waals surface area contributed by atoms with Gasteiger partial charge < -0.3 is 16.4 Å². The molecule has 150 valence electrons. The van der Waals surface area contributed by atoms with Crippen molar-refractivity contribution < 1.29 is 8.78 Å². The van der Waals surface area contributed by atoms with Crippen molar-refractivity contribution in [2.75, 3.05) is 30.3 Å². The van der Waals surface area contributed by atoms with E-state index in [-0.39, 0.29) is 11.5 Å². The van der Waals surface area contributed by atoms with E-state index >= 15 is 0 Å². The van der Waals surface area contributed by atoms with Gasteiger partial charge in [-0.2, -0.15) is 8.78 Å². The average molecular weight is 452 g/mol. The lowest BCUT2D eigenvalue weighted by Gasteiger charge is -2.37. The van der Waals surface area contributed by atoms with Crippen LogP contribution in [0.25, 0.3) is 0 Å². The number of piperidine rings is 1. The highest BCUT2D eigenvalue weighted by Gasteiger charge is 2.30. The second kappa shape index (κ2) is 8.53. The standard InChI is InChI=1S/C20H24BrF2N5/c1-2-20(22,23)15-5-3-13(4-6-15)16(11-24)14-7-9-28(10-8-14)19-17(21)18(25)26-12-27-19/h2-6,12,14,16H,1,7-11,24H2,(H2,25,26,27). The first-order chi connectivity index (χ1) is 13.4. The van der Waals surface area contributed by atoms with Gasteiger partial charge in [-0.25, -0.2) is 9.97 Å². The van der Waals surface area contributed by atoms with E-state index in [1.807, 2.05) is 0 Å². The Balaban J connectivity index is 1.70. The van der Waals surface area contributed by atoms with Crippen LogP contribution in [0.3, 0.4) is 0 Å². The van der Waals surface area contributed by atoms with Gasteiger partial charge in [0, 0.05) is 18.7 Å². The largest absolute Gasteiger partial charge is 0.383 e. The quantitative estimate of drug-likeness (QED) is 0.647. The van der Waals surface area contributed by atoms with E-state index in [1.165, 1.54) is 18.5 Å². The monoisotopic (exact) mass is 451 g/mol. The molecule has 4 N–H and O–H groups in total. The molecule has 5 nitrogen and oxygen atoms in total. The van der Waals surface area contributed by atoms with Crippen molar-refractivity contribution in [3.05, 3.63) is 58.8 Å². The molecular formula is C20H24BrF2N5. The third-order valence-corrected chi connectivity index (χ3v) is 6.20. The molecule has 0 bridgehead atoms. The van der Waals surface area contributed by atoms with Crippen molar-refractivity contribution in [1.29, 1.82) is 0 Å². The maximum Gasteiger partial charge on any atom is 0.291 e. The molecule has 1 aliphatic heterocycles. The van der Waals surface area contributed by atoms with E-state index in [0.717, 1.165) is 37.3 Å². The van der Waals surface area contributed by atoms with Crippen LogP contribution in [0.5, 0.6) is 0 Å². The molecule has 2 heterocycles. The molecule has 3 rings (SSSR count). The second-order valence-corrected chi connectivity index (χ2v) is 7.81. The number of aromatic nitrogens is 2. The molecule has 1 fully saturated rings. The molecular weight excluding hydrogens is 428 g/mol. The average Bonchev–Trinajstić information content (AvgIpc) is 2.72. The molecule has 1 aromatic heterocycles. The van der Waals surface area contributed by atoms with Gasteiger partial charge in [0.15, 0.2) is 0 Å². The van der Waals surface area contributed by atoms with Crippen LogP contribution in [0.2, 0.25) is 0 Å². The topological polar surface area (TPSA) is 81.1 Å². The van der Waals surface area contributed by atoms with Crippen LogP contribution in [0.1, 0.15) is 29.9 Å². The van der Waals surface area contributed by atoms with Crippen molar-refractivity contribution in [3.8, 4) is 0 Å². The fraction of sp³-hybridized carbons (Fsp3) is 0.400. The third kappa shape index (κ3) is 4.17. The summed E-state index contributed by atoms with van der Waals surface area (Å²) < 4.78 is 28.2. The lowest BCUT2D eigenvalue weighted by molar-refractivity contribution is 0.0525. The van der Waals surface area contributed by atoms with E-state index < -0.39 is 5.92 Å². The van der Waals surface area contributed by atoms with Crippen LogP contribution in [-0.4, -0.2) is 29.6 Å². The summed E-state index contributed by atoms with van der Waals surface area (Å²) in [4.78, 5) is 10.5. The summed E-state index contributed by atoms with van der Waals surface area (Å²) in [7, 11) is 0. The van der Waals surface area contributed by atoms with Gasteiger partial charge in [0.2, 0.25) is 0 Å². The molecule has 0 radical (unpaired) electrons. The Bertz CT molecular complexity index is 820. The Labute approximate surface area is 172 Å². The molecule has 1 aromatic carbocycles. The number of benzene rings is 1. The zero-order valence-electron chi connectivity index (χ0n) is 15.5. The lowest BCUT2D eigenvalue weighted by Crippen LogP contribution is -2.38. The van der Waals surface area contributed by atoms with Crippen LogP contribution in [-0.2, 0) is 5.92 Å². The summed E-state index contributed by atoms with van der Waals surface area (Å²) in [6, 6.07) is 6.46. The Morgan fingerprint density at radius 1 is 1.25 bits per heavy atom. The summed E-state index contributed by atoms with van der Waals surface area (Å²) in [5.74, 6) is -1.29. The van der Waals surface area contributed by atoms with Crippen LogP contribution in [0.4, 0.5) is 20.4 Å².